The standard InChI is InChI=1S/C21H28N2O4S/c1-7-17-10-8-9-15(3)20(17)22-21(24)16(4)23(28(6,25)26)18-13-14(2)11-12-19(18)27-5/h8-13,16H,7H2,1-6H3,(H,22,24). The van der Waals surface area contributed by atoms with E-state index in [1.165, 1.54) is 7.11 Å². The van der Waals surface area contributed by atoms with Gasteiger partial charge >= 0.3 is 0 Å². The highest BCUT2D eigenvalue weighted by atomic mass is 32.2. The normalized spacial score (nSPS) is 12.4. The van der Waals surface area contributed by atoms with Crippen LogP contribution in [-0.4, -0.2) is 33.7 Å². The van der Waals surface area contributed by atoms with Crippen molar-refractivity contribution in [3.8, 4) is 5.75 Å². The van der Waals surface area contributed by atoms with E-state index in [0.717, 1.165) is 39.4 Å². The molecule has 0 aliphatic rings. The molecule has 0 radical (unpaired) electrons. The van der Waals surface area contributed by atoms with Crippen molar-refractivity contribution < 1.29 is 17.9 Å². The summed E-state index contributed by atoms with van der Waals surface area (Å²) in [5.41, 5.74) is 3.86. The number of nitrogens with one attached hydrogen (secondary N) is 1. The summed E-state index contributed by atoms with van der Waals surface area (Å²) in [7, 11) is -2.26. The molecule has 0 aliphatic heterocycles. The van der Waals surface area contributed by atoms with Gasteiger partial charge in [-0.2, -0.15) is 0 Å². The van der Waals surface area contributed by atoms with Crippen LogP contribution in [0.25, 0.3) is 0 Å². The number of nitrogens with zero attached hydrogens (tertiary/aromatic N) is 1. The number of sulfonamides is 1. The third-order valence-electron chi connectivity index (χ3n) is 4.65. The van der Waals surface area contributed by atoms with E-state index in [0.29, 0.717) is 11.4 Å². The number of benzene rings is 2. The molecule has 0 bridgehead atoms. The number of anilines is 2. The van der Waals surface area contributed by atoms with E-state index in [-0.39, 0.29) is 0 Å². The predicted molar refractivity (Wildman–Crippen MR) is 114 cm³/mol. The first kappa shape index (κ1) is 21.8. The van der Waals surface area contributed by atoms with Gasteiger partial charge in [0, 0.05) is 5.69 Å². The Morgan fingerprint density at radius 2 is 1.89 bits per heavy atom. The number of para-hydroxylation sites is 1. The van der Waals surface area contributed by atoms with Crippen LogP contribution in [0.2, 0.25) is 0 Å². The Kier molecular flexibility index (Phi) is 6.72. The molecule has 1 unspecified atom stereocenters. The van der Waals surface area contributed by atoms with Crippen LogP contribution >= 0.6 is 0 Å². The second-order valence-corrected chi connectivity index (χ2v) is 8.72. The van der Waals surface area contributed by atoms with Gasteiger partial charge in [-0.3, -0.25) is 9.10 Å². The van der Waals surface area contributed by atoms with Crippen LogP contribution in [0.15, 0.2) is 36.4 Å². The van der Waals surface area contributed by atoms with E-state index in [1.54, 1.807) is 19.1 Å². The van der Waals surface area contributed by atoms with Crippen molar-refractivity contribution in [1.29, 1.82) is 0 Å². The summed E-state index contributed by atoms with van der Waals surface area (Å²) >= 11 is 0. The summed E-state index contributed by atoms with van der Waals surface area (Å²) in [6.07, 6.45) is 1.84. The van der Waals surface area contributed by atoms with Crippen molar-refractivity contribution in [2.45, 2.75) is 40.2 Å². The summed E-state index contributed by atoms with van der Waals surface area (Å²) in [5, 5.41) is 2.92. The zero-order valence-corrected chi connectivity index (χ0v) is 18.1. The molecule has 1 N–H and O–H groups in total. The van der Waals surface area contributed by atoms with Gasteiger partial charge in [0.25, 0.3) is 0 Å². The third kappa shape index (κ3) is 4.65. The molecule has 0 aliphatic carbocycles. The molecule has 7 heteroatoms. The molecule has 152 valence electrons. The number of rotatable bonds is 7. The number of aryl methyl sites for hydroxylation is 3. The average Bonchev–Trinajstić information content (AvgIpc) is 2.62. The fourth-order valence-corrected chi connectivity index (χ4v) is 4.35. The Labute approximate surface area is 167 Å². The molecule has 1 amide bonds. The van der Waals surface area contributed by atoms with E-state index in [2.05, 4.69) is 5.32 Å². The lowest BCUT2D eigenvalue weighted by Crippen LogP contribution is -2.45. The molecule has 1 atom stereocenters. The Morgan fingerprint density at radius 1 is 1.21 bits per heavy atom. The second-order valence-electron chi connectivity index (χ2n) is 6.86. The van der Waals surface area contributed by atoms with Gasteiger partial charge in [0.2, 0.25) is 15.9 Å². The average molecular weight is 405 g/mol. The summed E-state index contributed by atoms with van der Waals surface area (Å²) in [6.45, 7) is 7.35. The molecule has 0 fully saturated rings. The van der Waals surface area contributed by atoms with E-state index in [4.69, 9.17) is 4.74 Å². The van der Waals surface area contributed by atoms with Gasteiger partial charge in [0.05, 0.1) is 19.1 Å². The fraction of sp³-hybridized carbons (Fsp3) is 0.381. The zero-order valence-electron chi connectivity index (χ0n) is 17.2. The van der Waals surface area contributed by atoms with Gasteiger partial charge in [-0.15, -0.1) is 0 Å². The maximum absolute atomic E-state index is 13.0. The van der Waals surface area contributed by atoms with Crippen molar-refractivity contribution in [3.05, 3.63) is 53.1 Å². The van der Waals surface area contributed by atoms with Crippen LogP contribution in [0.1, 0.15) is 30.5 Å². The van der Waals surface area contributed by atoms with Crippen LogP contribution in [0.5, 0.6) is 5.75 Å². The molecular weight excluding hydrogens is 376 g/mol. The summed E-state index contributed by atoms with van der Waals surface area (Å²) in [6, 6.07) is 10.1. The maximum atomic E-state index is 13.0. The number of hydrogen-bond acceptors (Lipinski definition) is 4. The van der Waals surface area contributed by atoms with Gasteiger partial charge in [0.1, 0.15) is 11.8 Å². The SMILES string of the molecule is CCc1cccc(C)c1NC(=O)C(C)N(c1cc(C)ccc1OC)S(C)(=O)=O. The van der Waals surface area contributed by atoms with Crippen LogP contribution in [0.4, 0.5) is 11.4 Å². The number of carbonyl (C=O) groups excluding carboxylic acids is 1. The van der Waals surface area contributed by atoms with Crippen molar-refractivity contribution in [2.75, 3.05) is 23.0 Å². The van der Waals surface area contributed by atoms with E-state index in [1.807, 2.05) is 45.0 Å². The molecule has 0 spiro atoms. The number of carbonyl (C=O) groups is 1. The first-order valence-corrected chi connectivity index (χ1v) is 11.0. The Morgan fingerprint density at radius 3 is 2.46 bits per heavy atom. The molecule has 2 rings (SSSR count). The maximum Gasteiger partial charge on any atom is 0.248 e. The van der Waals surface area contributed by atoms with Crippen LogP contribution in [0, 0.1) is 13.8 Å². The fourth-order valence-electron chi connectivity index (χ4n) is 3.18. The first-order chi connectivity index (χ1) is 13.1. The molecule has 2 aromatic rings. The van der Waals surface area contributed by atoms with E-state index in [9.17, 15) is 13.2 Å². The van der Waals surface area contributed by atoms with E-state index >= 15 is 0 Å². The Balaban J connectivity index is 2.47. The van der Waals surface area contributed by atoms with Crippen LogP contribution < -0.4 is 14.4 Å². The minimum Gasteiger partial charge on any atom is -0.495 e. The quantitative estimate of drug-likeness (QED) is 0.764. The van der Waals surface area contributed by atoms with Gasteiger partial charge in [-0.1, -0.05) is 31.2 Å². The summed E-state index contributed by atoms with van der Waals surface area (Å²) in [4.78, 5) is 13.0. The molecule has 0 saturated heterocycles. The van der Waals surface area contributed by atoms with Crippen molar-refractivity contribution in [2.24, 2.45) is 0 Å². The highest BCUT2D eigenvalue weighted by Crippen LogP contribution is 2.33. The van der Waals surface area contributed by atoms with E-state index < -0.39 is 22.0 Å². The lowest BCUT2D eigenvalue weighted by Gasteiger charge is -2.30. The Hall–Kier alpha value is -2.54. The zero-order chi connectivity index (χ0) is 21.1. The van der Waals surface area contributed by atoms with Crippen molar-refractivity contribution in [1.82, 2.24) is 0 Å². The number of methoxy groups -OCH3 is 1. The molecule has 6 nitrogen and oxygen atoms in total. The minimum atomic E-state index is -3.74. The predicted octanol–water partition coefficient (Wildman–Crippen LogP) is 3.67. The topological polar surface area (TPSA) is 75.7 Å². The first-order valence-electron chi connectivity index (χ1n) is 9.13. The largest absolute Gasteiger partial charge is 0.495 e. The summed E-state index contributed by atoms with van der Waals surface area (Å²) < 4.78 is 31.6. The van der Waals surface area contributed by atoms with Gasteiger partial charge in [-0.25, -0.2) is 8.42 Å². The lowest BCUT2D eigenvalue weighted by atomic mass is 10.1. The number of hydrogen-bond donors (Lipinski definition) is 1. The molecule has 0 aromatic heterocycles. The lowest BCUT2D eigenvalue weighted by molar-refractivity contribution is -0.116. The van der Waals surface area contributed by atoms with Crippen molar-refractivity contribution >= 4 is 27.3 Å². The van der Waals surface area contributed by atoms with Crippen LogP contribution in [0.3, 0.4) is 0 Å². The van der Waals surface area contributed by atoms with Gasteiger partial charge in [0.15, 0.2) is 0 Å². The summed E-state index contributed by atoms with van der Waals surface area (Å²) in [5.74, 6) is -0.0150. The van der Waals surface area contributed by atoms with Gasteiger partial charge in [-0.05, 0) is 56.0 Å². The second kappa shape index (κ2) is 8.65. The third-order valence-corrected chi connectivity index (χ3v) is 5.88. The smallest absolute Gasteiger partial charge is 0.248 e. The van der Waals surface area contributed by atoms with Crippen LogP contribution in [-0.2, 0) is 21.2 Å². The molecule has 0 saturated carbocycles. The molecule has 28 heavy (non-hydrogen) atoms. The van der Waals surface area contributed by atoms with Crippen molar-refractivity contribution in [3.63, 3.8) is 0 Å². The highest BCUT2D eigenvalue weighted by Gasteiger charge is 2.31. The Bertz CT molecular complexity index is 970. The van der Waals surface area contributed by atoms with Gasteiger partial charge < -0.3 is 10.1 Å². The highest BCUT2D eigenvalue weighted by molar-refractivity contribution is 7.92. The number of ether oxygens (including phenoxy) is 1. The number of amides is 1. The molecule has 0 heterocycles. The monoisotopic (exact) mass is 404 g/mol. The molecular formula is C21H28N2O4S. The minimum absolute atomic E-state index is 0.341. The molecule has 2 aromatic carbocycles.